The van der Waals surface area contributed by atoms with Crippen molar-refractivity contribution in [1.82, 2.24) is 5.32 Å². The van der Waals surface area contributed by atoms with Gasteiger partial charge in [-0.15, -0.1) is 0 Å². The summed E-state index contributed by atoms with van der Waals surface area (Å²) in [5.74, 6) is 0.889. The van der Waals surface area contributed by atoms with Gasteiger partial charge in [0.1, 0.15) is 12.4 Å². The highest BCUT2D eigenvalue weighted by atomic mass is 16.5. The second-order valence-electron chi connectivity index (χ2n) is 6.03. The van der Waals surface area contributed by atoms with Gasteiger partial charge in [-0.05, 0) is 44.9 Å². The van der Waals surface area contributed by atoms with Crippen LogP contribution in [0, 0.1) is 5.41 Å². The molecule has 3 atom stereocenters. The molecule has 1 saturated carbocycles. The maximum Gasteiger partial charge on any atom is 0.129 e. The molecule has 1 aromatic heterocycles. The topological polar surface area (TPSA) is 43.6 Å². The van der Waals surface area contributed by atoms with Gasteiger partial charge in [0.15, 0.2) is 0 Å². The van der Waals surface area contributed by atoms with Crippen molar-refractivity contribution in [3.63, 3.8) is 0 Å². The third-order valence-corrected chi connectivity index (χ3v) is 4.79. The van der Waals surface area contributed by atoms with Gasteiger partial charge in [0, 0.05) is 24.7 Å². The molecule has 4 heteroatoms. The van der Waals surface area contributed by atoms with Gasteiger partial charge in [0.2, 0.25) is 0 Å². The molecule has 1 aliphatic rings. The summed E-state index contributed by atoms with van der Waals surface area (Å²) in [6.45, 7) is 9.81. The van der Waals surface area contributed by atoms with Gasteiger partial charge >= 0.3 is 0 Å². The van der Waals surface area contributed by atoms with E-state index in [2.05, 4.69) is 26.1 Å². The average Bonchev–Trinajstić information content (AvgIpc) is 3.00. The normalized spacial score (nSPS) is 28.5. The summed E-state index contributed by atoms with van der Waals surface area (Å²) < 4.78 is 16.6. The quantitative estimate of drug-likeness (QED) is 0.672. The molecule has 0 bridgehead atoms. The Kier molecular flexibility index (Phi) is 6.27. The van der Waals surface area contributed by atoms with E-state index in [4.69, 9.17) is 13.9 Å². The van der Waals surface area contributed by atoms with Crippen molar-refractivity contribution in [2.75, 3.05) is 19.8 Å². The van der Waals surface area contributed by atoms with Gasteiger partial charge in [-0.2, -0.15) is 0 Å². The van der Waals surface area contributed by atoms with Gasteiger partial charge in [0.05, 0.1) is 12.4 Å². The molecule has 120 valence electrons. The van der Waals surface area contributed by atoms with E-state index in [1.54, 1.807) is 6.26 Å². The zero-order valence-corrected chi connectivity index (χ0v) is 13.6. The van der Waals surface area contributed by atoms with Crippen LogP contribution in [-0.4, -0.2) is 31.9 Å². The highest BCUT2D eigenvalue weighted by Gasteiger charge is 2.50. The summed E-state index contributed by atoms with van der Waals surface area (Å²) in [6.07, 6.45) is 5.41. The lowest BCUT2D eigenvalue weighted by atomic mass is 9.61. The Morgan fingerprint density at radius 3 is 2.95 bits per heavy atom. The summed E-state index contributed by atoms with van der Waals surface area (Å²) in [6, 6.07) is 4.40. The number of nitrogens with one attached hydrogen (secondary N) is 1. The van der Waals surface area contributed by atoms with E-state index in [0.29, 0.717) is 18.8 Å². The molecule has 0 spiro atoms. The lowest BCUT2D eigenvalue weighted by Crippen LogP contribution is -2.62. The van der Waals surface area contributed by atoms with Crippen LogP contribution in [-0.2, 0) is 16.1 Å². The van der Waals surface area contributed by atoms with Gasteiger partial charge < -0.3 is 19.2 Å². The van der Waals surface area contributed by atoms with Gasteiger partial charge in [-0.1, -0.05) is 13.8 Å². The molecule has 0 aromatic carbocycles. The van der Waals surface area contributed by atoms with Crippen molar-refractivity contribution in [1.29, 1.82) is 0 Å². The third-order valence-electron chi connectivity index (χ3n) is 4.79. The van der Waals surface area contributed by atoms with Crippen LogP contribution in [0.25, 0.3) is 0 Å². The highest BCUT2D eigenvalue weighted by Crippen LogP contribution is 2.45. The van der Waals surface area contributed by atoms with E-state index in [-0.39, 0.29) is 5.41 Å². The molecule has 0 amide bonds. The predicted octanol–water partition coefficient (Wildman–Crippen LogP) is 3.37. The molecule has 1 heterocycles. The van der Waals surface area contributed by atoms with Crippen molar-refractivity contribution < 1.29 is 13.9 Å². The monoisotopic (exact) mass is 295 g/mol. The summed E-state index contributed by atoms with van der Waals surface area (Å²) in [5, 5.41) is 3.66. The van der Waals surface area contributed by atoms with Crippen LogP contribution in [0.1, 0.15) is 45.8 Å². The maximum atomic E-state index is 5.83. The van der Waals surface area contributed by atoms with Crippen LogP contribution in [0.5, 0.6) is 0 Å². The minimum Gasteiger partial charge on any atom is -0.467 e. The Morgan fingerprint density at radius 1 is 1.43 bits per heavy atom. The molecule has 0 radical (unpaired) electrons. The van der Waals surface area contributed by atoms with Crippen LogP contribution in [0.4, 0.5) is 0 Å². The van der Waals surface area contributed by atoms with E-state index in [0.717, 1.165) is 44.8 Å². The smallest absolute Gasteiger partial charge is 0.129 e. The summed E-state index contributed by atoms with van der Waals surface area (Å²) >= 11 is 0. The Hall–Kier alpha value is -0.840. The zero-order chi connectivity index (χ0) is 15.1. The first-order chi connectivity index (χ1) is 10.2. The summed E-state index contributed by atoms with van der Waals surface area (Å²) in [5.41, 5.74) is 0.283. The fourth-order valence-electron chi connectivity index (χ4n) is 3.08. The van der Waals surface area contributed by atoms with Crippen molar-refractivity contribution >= 4 is 0 Å². The molecule has 1 aromatic rings. The van der Waals surface area contributed by atoms with Crippen molar-refractivity contribution in [2.24, 2.45) is 5.41 Å². The Morgan fingerprint density at radius 2 is 2.29 bits per heavy atom. The molecule has 1 N–H and O–H groups in total. The highest BCUT2D eigenvalue weighted by molar-refractivity contribution is 5.04. The average molecular weight is 295 g/mol. The second kappa shape index (κ2) is 7.97. The van der Waals surface area contributed by atoms with Crippen LogP contribution >= 0.6 is 0 Å². The molecule has 3 unspecified atom stereocenters. The molecule has 4 nitrogen and oxygen atoms in total. The number of ether oxygens (including phenoxy) is 2. The van der Waals surface area contributed by atoms with Crippen molar-refractivity contribution in [3.05, 3.63) is 24.2 Å². The predicted molar refractivity (Wildman–Crippen MR) is 83.2 cm³/mol. The fourth-order valence-corrected chi connectivity index (χ4v) is 3.08. The first-order valence-electron chi connectivity index (χ1n) is 8.15. The lowest BCUT2D eigenvalue weighted by Gasteiger charge is -2.53. The first-order valence-corrected chi connectivity index (χ1v) is 8.15. The van der Waals surface area contributed by atoms with Crippen LogP contribution in [0.2, 0.25) is 0 Å². The van der Waals surface area contributed by atoms with Crippen LogP contribution < -0.4 is 5.32 Å². The number of hydrogen-bond donors (Lipinski definition) is 1. The summed E-state index contributed by atoms with van der Waals surface area (Å²) in [7, 11) is 0. The number of furan rings is 1. The van der Waals surface area contributed by atoms with E-state index in [1.807, 2.05) is 12.1 Å². The maximum absolute atomic E-state index is 5.83. The van der Waals surface area contributed by atoms with Crippen molar-refractivity contribution in [2.45, 2.75) is 58.8 Å². The molecular weight excluding hydrogens is 266 g/mol. The Balaban J connectivity index is 1.56. The van der Waals surface area contributed by atoms with Gasteiger partial charge in [-0.3, -0.25) is 0 Å². The van der Waals surface area contributed by atoms with Gasteiger partial charge in [-0.25, -0.2) is 0 Å². The molecule has 21 heavy (non-hydrogen) atoms. The number of rotatable bonds is 10. The van der Waals surface area contributed by atoms with E-state index in [9.17, 15) is 0 Å². The zero-order valence-electron chi connectivity index (χ0n) is 13.6. The first kappa shape index (κ1) is 16.5. The molecule has 2 rings (SSSR count). The SMILES string of the molecule is CCOC1CC(NCCCOCc2ccco2)C1(C)CC. The van der Waals surface area contributed by atoms with Crippen LogP contribution in [0.3, 0.4) is 0 Å². The number of hydrogen-bond acceptors (Lipinski definition) is 4. The summed E-state index contributed by atoms with van der Waals surface area (Å²) in [4.78, 5) is 0. The molecule has 0 saturated heterocycles. The van der Waals surface area contributed by atoms with Crippen LogP contribution in [0.15, 0.2) is 22.8 Å². The van der Waals surface area contributed by atoms with Crippen molar-refractivity contribution in [3.8, 4) is 0 Å². The fraction of sp³-hybridized carbons (Fsp3) is 0.765. The molecule has 1 aliphatic carbocycles. The second-order valence-corrected chi connectivity index (χ2v) is 6.03. The standard InChI is InChI=1S/C17H29NO3/c1-4-17(3)15(12-16(17)20-5-2)18-9-7-10-19-13-14-8-6-11-21-14/h6,8,11,15-16,18H,4-5,7,9-10,12-13H2,1-3H3. The lowest BCUT2D eigenvalue weighted by molar-refractivity contribution is -0.125. The molecule has 0 aliphatic heterocycles. The molecular formula is C17H29NO3. The Bertz CT molecular complexity index is 393. The van der Waals surface area contributed by atoms with E-state index < -0.39 is 0 Å². The van der Waals surface area contributed by atoms with Gasteiger partial charge in [0.25, 0.3) is 0 Å². The Labute approximate surface area is 128 Å². The van der Waals surface area contributed by atoms with E-state index in [1.165, 1.54) is 0 Å². The third kappa shape index (κ3) is 4.09. The minimum atomic E-state index is 0.283. The largest absolute Gasteiger partial charge is 0.467 e. The minimum absolute atomic E-state index is 0.283. The molecule has 1 fully saturated rings. The van der Waals surface area contributed by atoms with E-state index >= 15 is 0 Å².